The van der Waals surface area contributed by atoms with Gasteiger partial charge in [0.05, 0.1) is 6.10 Å². The van der Waals surface area contributed by atoms with Gasteiger partial charge in [0.25, 0.3) is 0 Å². The molecular formula is C14H23NO. The van der Waals surface area contributed by atoms with E-state index in [0.29, 0.717) is 0 Å². The molecule has 90 valence electrons. The van der Waals surface area contributed by atoms with Crippen LogP contribution in [-0.2, 0) is 6.42 Å². The molecule has 1 aromatic rings. The lowest BCUT2D eigenvalue weighted by atomic mass is 10.1. The molecule has 0 radical (unpaired) electrons. The van der Waals surface area contributed by atoms with E-state index in [2.05, 4.69) is 38.1 Å². The number of hydrogen-bond acceptors (Lipinski definition) is 2. The molecule has 1 aromatic carbocycles. The lowest BCUT2D eigenvalue weighted by Crippen LogP contribution is -2.12. The molecule has 0 aliphatic rings. The molecule has 0 aliphatic carbocycles. The minimum Gasteiger partial charge on any atom is -0.491 e. The van der Waals surface area contributed by atoms with E-state index in [-0.39, 0.29) is 6.10 Å². The van der Waals surface area contributed by atoms with Gasteiger partial charge < -0.3 is 10.5 Å². The van der Waals surface area contributed by atoms with E-state index in [1.54, 1.807) is 0 Å². The Balaban J connectivity index is 2.34. The summed E-state index contributed by atoms with van der Waals surface area (Å²) in [5.41, 5.74) is 6.81. The summed E-state index contributed by atoms with van der Waals surface area (Å²) in [7, 11) is 0. The summed E-state index contributed by atoms with van der Waals surface area (Å²) >= 11 is 0. The van der Waals surface area contributed by atoms with Crippen molar-refractivity contribution in [3.63, 3.8) is 0 Å². The van der Waals surface area contributed by atoms with Gasteiger partial charge >= 0.3 is 0 Å². The lowest BCUT2D eigenvalue weighted by Gasteiger charge is -2.14. The smallest absolute Gasteiger partial charge is 0.119 e. The molecule has 0 saturated heterocycles. The Labute approximate surface area is 98.8 Å². The minimum atomic E-state index is 0.277. The monoisotopic (exact) mass is 221 g/mol. The average Bonchev–Trinajstić information content (AvgIpc) is 2.30. The fraction of sp³-hybridized carbons (Fsp3) is 0.571. The zero-order valence-electron chi connectivity index (χ0n) is 10.4. The predicted molar refractivity (Wildman–Crippen MR) is 68.8 cm³/mol. The highest BCUT2D eigenvalue weighted by Crippen LogP contribution is 2.16. The maximum atomic E-state index is 5.82. The number of aryl methyl sites for hydroxylation is 1. The molecule has 1 atom stereocenters. The number of nitrogens with two attached hydrogens (primary N) is 1. The van der Waals surface area contributed by atoms with Crippen molar-refractivity contribution < 1.29 is 4.74 Å². The Morgan fingerprint density at radius 3 is 2.44 bits per heavy atom. The van der Waals surface area contributed by atoms with Crippen molar-refractivity contribution >= 4 is 0 Å². The maximum absolute atomic E-state index is 5.82. The van der Waals surface area contributed by atoms with E-state index in [4.69, 9.17) is 10.5 Å². The van der Waals surface area contributed by atoms with Crippen LogP contribution in [0.1, 0.15) is 38.7 Å². The van der Waals surface area contributed by atoms with Gasteiger partial charge in [0.1, 0.15) is 5.75 Å². The molecule has 2 N–H and O–H groups in total. The first-order chi connectivity index (χ1) is 7.76. The summed E-state index contributed by atoms with van der Waals surface area (Å²) in [6.45, 7) is 5.05. The summed E-state index contributed by atoms with van der Waals surface area (Å²) in [5.74, 6) is 0.970. The SMILES string of the molecule is CCc1ccc(OC(C)CCCCN)cc1. The van der Waals surface area contributed by atoms with Crippen molar-refractivity contribution in [2.45, 2.75) is 45.6 Å². The number of rotatable bonds is 7. The molecule has 0 amide bonds. The largest absolute Gasteiger partial charge is 0.491 e. The van der Waals surface area contributed by atoms with E-state index in [1.165, 1.54) is 5.56 Å². The van der Waals surface area contributed by atoms with Crippen LogP contribution in [0.2, 0.25) is 0 Å². The molecule has 2 nitrogen and oxygen atoms in total. The van der Waals surface area contributed by atoms with Gasteiger partial charge in [-0.05, 0) is 56.8 Å². The van der Waals surface area contributed by atoms with Crippen LogP contribution in [0.5, 0.6) is 5.75 Å². The van der Waals surface area contributed by atoms with Gasteiger partial charge in [0, 0.05) is 0 Å². The summed E-state index contributed by atoms with van der Waals surface area (Å²) in [6.07, 6.45) is 4.66. The number of ether oxygens (including phenoxy) is 1. The summed E-state index contributed by atoms with van der Waals surface area (Å²) in [6, 6.07) is 8.36. The van der Waals surface area contributed by atoms with Crippen LogP contribution in [0, 0.1) is 0 Å². The third-order valence-corrected chi connectivity index (χ3v) is 2.73. The summed E-state index contributed by atoms with van der Waals surface area (Å²) in [5, 5.41) is 0. The molecule has 1 rings (SSSR count). The number of benzene rings is 1. The van der Waals surface area contributed by atoms with Gasteiger partial charge in [-0.25, -0.2) is 0 Å². The summed E-state index contributed by atoms with van der Waals surface area (Å²) in [4.78, 5) is 0. The van der Waals surface area contributed by atoms with Crippen molar-refractivity contribution in [2.75, 3.05) is 6.54 Å². The van der Waals surface area contributed by atoms with E-state index in [1.807, 2.05) is 0 Å². The second kappa shape index (κ2) is 7.29. The fourth-order valence-corrected chi connectivity index (χ4v) is 1.67. The number of unbranched alkanes of at least 4 members (excludes halogenated alkanes) is 1. The molecule has 0 aromatic heterocycles. The molecule has 0 fully saturated rings. The van der Waals surface area contributed by atoms with E-state index in [9.17, 15) is 0 Å². The first kappa shape index (κ1) is 13.0. The Kier molecular flexibility index (Phi) is 5.94. The molecule has 0 saturated carbocycles. The quantitative estimate of drug-likeness (QED) is 0.718. The van der Waals surface area contributed by atoms with Crippen molar-refractivity contribution in [1.29, 1.82) is 0 Å². The second-order valence-corrected chi connectivity index (χ2v) is 4.21. The van der Waals surface area contributed by atoms with Crippen LogP contribution < -0.4 is 10.5 Å². The third kappa shape index (κ3) is 4.67. The van der Waals surface area contributed by atoms with Crippen LogP contribution in [0.3, 0.4) is 0 Å². The van der Waals surface area contributed by atoms with Crippen LogP contribution in [0.15, 0.2) is 24.3 Å². The Morgan fingerprint density at radius 1 is 1.19 bits per heavy atom. The van der Waals surface area contributed by atoms with E-state index < -0.39 is 0 Å². The zero-order valence-corrected chi connectivity index (χ0v) is 10.4. The minimum absolute atomic E-state index is 0.277. The van der Waals surface area contributed by atoms with Crippen molar-refractivity contribution in [1.82, 2.24) is 0 Å². The van der Waals surface area contributed by atoms with Crippen LogP contribution in [-0.4, -0.2) is 12.6 Å². The first-order valence-corrected chi connectivity index (χ1v) is 6.22. The van der Waals surface area contributed by atoms with Gasteiger partial charge in [-0.15, -0.1) is 0 Å². The topological polar surface area (TPSA) is 35.2 Å². The first-order valence-electron chi connectivity index (χ1n) is 6.22. The fourth-order valence-electron chi connectivity index (χ4n) is 1.67. The molecule has 0 spiro atoms. The van der Waals surface area contributed by atoms with Crippen LogP contribution >= 0.6 is 0 Å². The standard InChI is InChI=1S/C14H23NO/c1-3-13-7-9-14(10-8-13)16-12(2)6-4-5-11-15/h7-10,12H,3-6,11,15H2,1-2H3. The Hall–Kier alpha value is -1.02. The summed E-state index contributed by atoms with van der Waals surface area (Å²) < 4.78 is 5.82. The molecule has 0 bridgehead atoms. The average molecular weight is 221 g/mol. The Bertz CT molecular complexity index is 281. The maximum Gasteiger partial charge on any atom is 0.119 e. The molecule has 0 heterocycles. The van der Waals surface area contributed by atoms with Gasteiger partial charge in [-0.2, -0.15) is 0 Å². The van der Waals surface area contributed by atoms with Crippen molar-refractivity contribution in [3.05, 3.63) is 29.8 Å². The van der Waals surface area contributed by atoms with Gasteiger partial charge in [0.2, 0.25) is 0 Å². The Morgan fingerprint density at radius 2 is 1.88 bits per heavy atom. The third-order valence-electron chi connectivity index (χ3n) is 2.73. The highest BCUT2D eigenvalue weighted by Gasteiger charge is 2.03. The highest BCUT2D eigenvalue weighted by molar-refractivity contribution is 5.27. The molecule has 1 unspecified atom stereocenters. The van der Waals surface area contributed by atoms with Crippen LogP contribution in [0.25, 0.3) is 0 Å². The molecule has 2 heteroatoms. The lowest BCUT2D eigenvalue weighted by molar-refractivity contribution is 0.207. The number of hydrogen-bond donors (Lipinski definition) is 1. The second-order valence-electron chi connectivity index (χ2n) is 4.21. The molecule has 16 heavy (non-hydrogen) atoms. The van der Waals surface area contributed by atoms with Gasteiger partial charge in [0.15, 0.2) is 0 Å². The zero-order chi connectivity index (χ0) is 11.8. The van der Waals surface area contributed by atoms with Crippen LogP contribution in [0.4, 0.5) is 0 Å². The highest BCUT2D eigenvalue weighted by atomic mass is 16.5. The van der Waals surface area contributed by atoms with Crippen molar-refractivity contribution in [3.8, 4) is 5.75 Å². The van der Waals surface area contributed by atoms with Gasteiger partial charge in [-0.3, -0.25) is 0 Å². The molecule has 0 aliphatic heterocycles. The van der Waals surface area contributed by atoms with E-state index in [0.717, 1.165) is 38.0 Å². The predicted octanol–water partition coefficient (Wildman–Crippen LogP) is 3.15. The van der Waals surface area contributed by atoms with Gasteiger partial charge in [-0.1, -0.05) is 19.1 Å². The van der Waals surface area contributed by atoms with E-state index >= 15 is 0 Å². The van der Waals surface area contributed by atoms with Crippen molar-refractivity contribution in [2.24, 2.45) is 5.73 Å². The molecular weight excluding hydrogens is 198 g/mol. The normalized spacial score (nSPS) is 12.4.